The molecule has 0 aromatic heterocycles. The van der Waals surface area contributed by atoms with E-state index >= 15 is 0 Å². The first-order valence-electron chi connectivity index (χ1n) is 4.11. The third-order valence-corrected chi connectivity index (χ3v) is 3.06. The third-order valence-electron chi connectivity index (χ3n) is 1.90. The average molecular weight is 328 g/mol. The molecule has 0 fully saturated rings. The molecule has 0 atom stereocenters. The molecule has 5 heteroatoms. The number of halogens is 4. The van der Waals surface area contributed by atoms with Gasteiger partial charge in [-0.15, -0.1) is 0 Å². The van der Waals surface area contributed by atoms with E-state index in [-0.39, 0.29) is 14.9 Å². The van der Waals surface area contributed by atoms with E-state index in [0.717, 1.165) is 6.07 Å². The highest BCUT2D eigenvalue weighted by atomic mass is 127. The molecular formula is C10H8F3IO. The number of carbonyl (C=O) groups excluding carboxylic acids is 1. The van der Waals surface area contributed by atoms with Gasteiger partial charge in [-0.2, -0.15) is 13.2 Å². The molecule has 82 valence electrons. The van der Waals surface area contributed by atoms with E-state index in [1.807, 2.05) is 0 Å². The molecule has 0 N–H and O–H groups in total. The van der Waals surface area contributed by atoms with Crippen LogP contribution in [0, 0.1) is 10.5 Å². The summed E-state index contributed by atoms with van der Waals surface area (Å²) in [5, 5.41) is 0. The maximum atomic E-state index is 12.6. The van der Waals surface area contributed by atoms with Crippen LogP contribution >= 0.6 is 22.6 Å². The minimum Gasteiger partial charge on any atom is -0.294 e. The van der Waals surface area contributed by atoms with Crippen molar-refractivity contribution in [2.45, 2.75) is 20.0 Å². The zero-order valence-corrected chi connectivity index (χ0v) is 10.2. The first kappa shape index (κ1) is 12.5. The van der Waals surface area contributed by atoms with Gasteiger partial charge in [0.2, 0.25) is 0 Å². The van der Waals surface area contributed by atoms with Crippen LogP contribution in [-0.4, -0.2) is 5.78 Å². The van der Waals surface area contributed by atoms with E-state index in [1.54, 1.807) is 22.6 Å². The smallest absolute Gasteiger partial charge is 0.294 e. The van der Waals surface area contributed by atoms with E-state index in [1.165, 1.54) is 19.9 Å². The molecule has 0 bridgehead atoms. The summed E-state index contributed by atoms with van der Waals surface area (Å²) in [6.07, 6.45) is -4.41. The Hall–Kier alpha value is -0.590. The van der Waals surface area contributed by atoms with Crippen molar-refractivity contribution in [3.05, 3.63) is 32.4 Å². The van der Waals surface area contributed by atoms with Crippen LogP contribution in [0.2, 0.25) is 0 Å². The maximum absolute atomic E-state index is 12.6. The van der Waals surface area contributed by atoms with Gasteiger partial charge in [0.25, 0.3) is 0 Å². The Labute approximate surface area is 98.8 Å². The summed E-state index contributed by atoms with van der Waals surface area (Å²) in [4.78, 5) is 11.1. The van der Waals surface area contributed by atoms with Crippen molar-refractivity contribution in [3.8, 4) is 0 Å². The quantitative estimate of drug-likeness (QED) is 0.566. The molecule has 0 heterocycles. The Bertz CT molecular complexity index is 410. The fraction of sp³-hybridized carbons (Fsp3) is 0.300. The Morgan fingerprint density at radius 3 is 2.27 bits per heavy atom. The lowest BCUT2D eigenvalue weighted by Gasteiger charge is -2.12. The Morgan fingerprint density at radius 2 is 1.87 bits per heavy atom. The van der Waals surface area contributed by atoms with Gasteiger partial charge in [0, 0.05) is 9.13 Å². The van der Waals surface area contributed by atoms with Gasteiger partial charge in [-0.1, -0.05) is 0 Å². The molecule has 0 unspecified atom stereocenters. The Morgan fingerprint density at radius 1 is 1.33 bits per heavy atom. The molecule has 1 nitrogen and oxygen atoms in total. The van der Waals surface area contributed by atoms with Crippen LogP contribution in [0.5, 0.6) is 0 Å². The van der Waals surface area contributed by atoms with E-state index < -0.39 is 11.7 Å². The molecule has 0 amide bonds. The predicted octanol–water partition coefficient (Wildman–Crippen LogP) is 3.82. The highest BCUT2D eigenvalue weighted by Crippen LogP contribution is 2.35. The lowest BCUT2D eigenvalue weighted by Crippen LogP contribution is -2.11. The number of hydrogen-bond acceptors (Lipinski definition) is 1. The number of aryl methyl sites for hydroxylation is 1. The van der Waals surface area contributed by atoms with Gasteiger partial charge in [0.05, 0.1) is 5.56 Å². The number of Topliss-reactive ketones (excluding diaryl/α,β-unsaturated/α-hetero) is 1. The molecule has 0 aliphatic rings. The van der Waals surface area contributed by atoms with Gasteiger partial charge in [-0.3, -0.25) is 4.79 Å². The maximum Gasteiger partial charge on any atom is 0.417 e. The number of alkyl halides is 3. The van der Waals surface area contributed by atoms with Crippen molar-refractivity contribution in [1.82, 2.24) is 0 Å². The van der Waals surface area contributed by atoms with Crippen LogP contribution in [0.4, 0.5) is 13.2 Å². The van der Waals surface area contributed by atoms with Gasteiger partial charge >= 0.3 is 6.18 Å². The van der Waals surface area contributed by atoms with Gasteiger partial charge in [0.15, 0.2) is 5.78 Å². The summed E-state index contributed by atoms with van der Waals surface area (Å²) >= 11 is 1.56. The molecule has 0 saturated carbocycles. The molecule has 0 spiro atoms. The van der Waals surface area contributed by atoms with Gasteiger partial charge in [-0.05, 0) is 54.1 Å². The topological polar surface area (TPSA) is 17.1 Å². The van der Waals surface area contributed by atoms with Gasteiger partial charge in [0.1, 0.15) is 0 Å². The minimum atomic E-state index is -4.41. The van der Waals surface area contributed by atoms with Gasteiger partial charge in [-0.25, -0.2) is 0 Å². The lowest BCUT2D eigenvalue weighted by atomic mass is 10.0. The van der Waals surface area contributed by atoms with Crippen molar-refractivity contribution in [1.29, 1.82) is 0 Å². The number of ketones is 1. The Kier molecular flexibility index (Phi) is 3.42. The van der Waals surface area contributed by atoms with Crippen LogP contribution in [0.25, 0.3) is 0 Å². The SMILES string of the molecule is CC(=O)c1cc(C)cc(C(F)(F)F)c1I. The summed E-state index contributed by atoms with van der Waals surface area (Å²) in [6.45, 7) is 2.80. The van der Waals surface area contributed by atoms with E-state index in [2.05, 4.69) is 0 Å². The highest BCUT2D eigenvalue weighted by molar-refractivity contribution is 14.1. The second-order valence-electron chi connectivity index (χ2n) is 3.23. The summed E-state index contributed by atoms with van der Waals surface area (Å²) in [6, 6.07) is 2.52. The molecule has 1 rings (SSSR count). The van der Waals surface area contributed by atoms with Crippen LogP contribution in [0.1, 0.15) is 28.4 Å². The van der Waals surface area contributed by atoms with Crippen LogP contribution in [0.3, 0.4) is 0 Å². The normalized spacial score (nSPS) is 11.6. The van der Waals surface area contributed by atoms with Crippen molar-refractivity contribution in [3.63, 3.8) is 0 Å². The summed E-state index contributed by atoms with van der Waals surface area (Å²) < 4.78 is 37.6. The standard InChI is InChI=1S/C10H8F3IO/c1-5-3-7(6(2)15)9(14)8(4-5)10(11,12)13/h3-4H,1-2H3. The first-order chi connectivity index (χ1) is 6.73. The molecule has 1 aromatic rings. The number of carbonyl (C=O) groups is 1. The Balaban J connectivity index is 3.49. The lowest BCUT2D eigenvalue weighted by molar-refractivity contribution is -0.138. The highest BCUT2D eigenvalue weighted by Gasteiger charge is 2.34. The largest absolute Gasteiger partial charge is 0.417 e. The molecule has 0 aliphatic heterocycles. The van der Waals surface area contributed by atoms with Crippen molar-refractivity contribution < 1.29 is 18.0 Å². The fourth-order valence-corrected chi connectivity index (χ4v) is 2.23. The first-order valence-corrected chi connectivity index (χ1v) is 5.19. The number of rotatable bonds is 1. The number of benzene rings is 1. The fourth-order valence-electron chi connectivity index (χ4n) is 1.23. The van der Waals surface area contributed by atoms with E-state index in [0.29, 0.717) is 5.56 Å². The number of hydrogen-bond donors (Lipinski definition) is 0. The summed E-state index contributed by atoms with van der Waals surface area (Å²) in [7, 11) is 0. The van der Waals surface area contributed by atoms with Crippen molar-refractivity contribution in [2.24, 2.45) is 0 Å². The van der Waals surface area contributed by atoms with E-state index in [9.17, 15) is 18.0 Å². The predicted molar refractivity (Wildman–Crippen MR) is 58.9 cm³/mol. The molecule has 0 saturated heterocycles. The molecule has 1 aromatic carbocycles. The molecule has 15 heavy (non-hydrogen) atoms. The van der Waals surface area contributed by atoms with Crippen LogP contribution in [-0.2, 0) is 6.18 Å². The van der Waals surface area contributed by atoms with Gasteiger partial charge < -0.3 is 0 Å². The van der Waals surface area contributed by atoms with E-state index in [4.69, 9.17) is 0 Å². The zero-order valence-electron chi connectivity index (χ0n) is 8.07. The summed E-state index contributed by atoms with van der Waals surface area (Å²) in [5.74, 6) is -0.353. The second kappa shape index (κ2) is 4.11. The van der Waals surface area contributed by atoms with Crippen LogP contribution in [0.15, 0.2) is 12.1 Å². The average Bonchev–Trinajstić information content (AvgIpc) is 2.06. The molecule has 0 aliphatic carbocycles. The van der Waals surface area contributed by atoms with Crippen LogP contribution < -0.4 is 0 Å². The van der Waals surface area contributed by atoms with Crippen molar-refractivity contribution in [2.75, 3.05) is 0 Å². The zero-order chi connectivity index (χ0) is 11.8. The molecule has 0 radical (unpaired) electrons. The second-order valence-corrected chi connectivity index (χ2v) is 4.31. The monoisotopic (exact) mass is 328 g/mol. The molecular weight excluding hydrogens is 320 g/mol. The third kappa shape index (κ3) is 2.70. The van der Waals surface area contributed by atoms with Crippen molar-refractivity contribution >= 4 is 28.4 Å². The minimum absolute atomic E-state index is 0.0294. The summed E-state index contributed by atoms with van der Waals surface area (Å²) in [5.41, 5.74) is -0.177.